The highest BCUT2D eigenvalue weighted by molar-refractivity contribution is 5.76. The molecule has 2 aromatic rings. The van der Waals surface area contributed by atoms with E-state index in [0.717, 1.165) is 23.3 Å². The minimum Gasteiger partial charge on any atom is -0.385 e. The van der Waals surface area contributed by atoms with Crippen molar-refractivity contribution in [1.82, 2.24) is 15.3 Å². The second kappa shape index (κ2) is 6.89. The lowest BCUT2D eigenvalue weighted by atomic mass is 10.3. The fourth-order valence-electron chi connectivity index (χ4n) is 1.91. The summed E-state index contributed by atoms with van der Waals surface area (Å²) >= 11 is 0. The van der Waals surface area contributed by atoms with E-state index in [-0.39, 0.29) is 5.91 Å². The van der Waals surface area contributed by atoms with Crippen LogP contribution < -0.4 is 5.32 Å². The minimum atomic E-state index is 0.0631. The number of nitrogens with zero attached hydrogens (tertiary/aromatic N) is 1. The maximum Gasteiger partial charge on any atom is 0.220 e. The number of benzene rings is 1. The highest BCUT2D eigenvalue weighted by atomic mass is 16.5. The first kappa shape index (κ1) is 13.5. The summed E-state index contributed by atoms with van der Waals surface area (Å²) in [5, 5.41) is 2.88. The number of H-pyrrole nitrogens is 1. The zero-order chi connectivity index (χ0) is 13.5. The Bertz CT molecular complexity index is 503. The molecule has 2 N–H and O–H groups in total. The third-order valence-corrected chi connectivity index (χ3v) is 2.87. The van der Waals surface area contributed by atoms with E-state index in [4.69, 9.17) is 4.74 Å². The van der Waals surface area contributed by atoms with E-state index >= 15 is 0 Å². The lowest BCUT2D eigenvalue weighted by Gasteiger charge is -2.03. The Morgan fingerprint density at radius 3 is 3.05 bits per heavy atom. The smallest absolute Gasteiger partial charge is 0.220 e. The summed E-state index contributed by atoms with van der Waals surface area (Å²) in [6, 6.07) is 7.90. The Morgan fingerprint density at radius 2 is 2.26 bits per heavy atom. The molecule has 0 spiro atoms. The summed E-state index contributed by atoms with van der Waals surface area (Å²) in [6.45, 7) is 1.22. The number of fused-ring (bicyclic) bond motifs is 1. The predicted octanol–water partition coefficient (Wildman–Crippen LogP) is 1.65. The van der Waals surface area contributed by atoms with Gasteiger partial charge in [0.15, 0.2) is 0 Å². The van der Waals surface area contributed by atoms with E-state index in [9.17, 15) is 4.79 Å². The van der Waals surface area contributed by atoms with E-state index in [2.05, 4.69) is 15.3 Å². The van der Waals surface area contributed by atoms with Gasteiger partial charge in [0.05, 0.1) is 11.0 Å². The first-order valence-corrected chi connectivity index (χ1v) is 6.49. The number of para-hydroxylation sites is 2. The summed E-state index contributed by atoms with van der Waals surface area (Å²) in [7, 11) is 1.64. The van der Waals surface area contributed by atoms with Crippen LogP contribution in [0.1, 0.15) is 18.7 Å². The number of hydrogen-bond acceptors (Lipinski definition) is 3. The second-order valence-corrected chi connectivity index (χ2v) is 4.40. The molecule has 5 heteroatoms. The molecule has 1 aromatic heterocycles. The lowest BCUT2D eigenvalue weighted by Crippen LogP contribution is -2.25. The first-order chi connectivity index (χ1) is 9.29. The molecule has 0 aliphatic rings. The maximum absolute atomic E-state index is 11.5. The summed E-state index contributed by atoms with van der Waals surface area (Å²) in [6.07, 6.45) is 1.98. The molecule has 1 aromatic carbocycles. The largest absolute Gasteiger partial charge is 0.385 e. The Morgan fingerprint density at radius 1 is 1.42 bits per heavy atom. The van der Waals surface area contributed by atoms with E-state index in [1.807, 2.05) is 24.3 Å². The molecule has 0 fully saturated rings. The van der Waals surface area contributed by atoms with Crippen LogP contribution in [-0.4, -0.2) is 36.1 Å². The summed E-state index contributed by atoms with van der Waals surface area (Å²) in [5.74, 6) is 0.964. The van der Waals surface area contributed by atoms with Gasteiger partial charge in [0.1, 0.15) is 5.82 Å². The zero-order valence-corrected chi connectivity index (χ0v) is 11.1. The zero-order valence-electron chi connectivity index (χ0n) is 11.1. The minimum absolute atomic E-state index is 0.0631. The van der Waals surface area contributed by atoms with Crippen LogP contribution in [0.4, 0.5) is 0 Å². The van der Waals surface area contributed by atoms with Gasteiger partial charge >= 0.3 is 0 Å². The Labute approximate surface area is 112 Å². The lowest BCUT2D eigenvalue weighted by molar-refractivity contribution is -0.121. The van der Waals surface area contributed by atoms with Gasteiger partial charge in [-0.05, 0) is 18.6 Å². The number of nitrogens with one attached hydrogen (secondary N) is 2. The van der Waals surface area contributed by atoms with Gasteiger partial charge in [-0.25, -0.2) is 4.98 Å². The number of carbonyl (C=O) groups is 1. The van der Waals surface area contributed by atoms with Crippen molar-refractivity contribution in [2.45, 2.75) is 19.3 Å². The van der Waals surface area contributed by atoms with Crippen molar-refractivity contribution in [1.29, 1.82) is 0 Å². The third-order valence-electron chi connectivity index (χ3n) is 2.87. The van der Waals surface area contributed by atoms with Crippen LogP contribution >= 0.6 is 0 Å². The number of hydrogen-bond donors (Lipinski definition) is 2. The highest BCUT2D eigenvalue weighted by Gasteiger charge is 2.03. The SMILES string of the molecule is COCCCC(=O)NCCc1nc2ccccc2[nH]1. The van der Waals surface area contributed by atoms with E-state index < -0.39 is 0 Å². The van der Waals surface area contributed by atoms with E-state index in [1.54, 1.807) is 7.11 Å². The standard InChI is InChI=1S/C14H19N3O2/c1-19-10-4-7-14(18)15-9-8-13-16-11-5-2-3-6-12(11)17-13/h2-3,5-6H,4,7-10H2,1H3,(H,15,18)(H,16,17). The van der Waals surface area contributed by atoms with E-state index in [1.165, 1.54) is 0 Å². The molecule has 102 valence electrons. The molecule has 2 rings (SSSR count). The number of carbonyl (C=O) groups excluding carboxylic acids is 1. The van der Waals surface area contributed by atoms with Crippen LogP contribution in [-0.2, 0) is 16.0 Å². The van der Waals surface area contributed by atoms with E-state index in [0.29, 0.717) is 26.0 Å². The fraction of sp³-hybridized carbons (Fsp3) is 0.429. The average molecular weight is 261 g/mol. The van der Waals surface area contributed by atoms with Gasteiger partial charge in [-0.3, -0.25) is 4.79 Å². The molecule has 0 aliphatic carbocycles. The van der Waals surface area contributed by atoms with Crippen LogP contribution in [0.3, 0.4) is 0 Å². The molecule has 1 amide bonds. The molecule has 1 heterocycles. The fourth-order valence-corrected chi connectivity index (χ4v) is 1.91. The molecule has 0 bridgehead atoms. The van der Waals surface area contributed by atoms with Crippen LogP contribution in [0.2, 0.25) is 0 Å². The molecular formula is C14H19N3O2. The molecule has 0 aliphatic heterocycles. The van der Waals surface area contributed by atoms with Gasteiger partial charge < -0.3 is 15.0 Å². The van der Waals surface area contributed by atoms with Gasteiger partial charge in [-0.2, -0.15) is 0 Å². The number of imidazole rings is 1. The maximum atomic E-state index is 11.5. The van der Waals surface area contributed by atoms with Gasteiger partial charge in [-0.1, -0.05) is 12.1 Å². The Balaban J connectivity index is 1.74. The monoisotopic (exact) mass is 261 g/mol. The molecule has 0 radical (unpaired) electrons. The number of aromatic amines is 1. The molecule has 5 nitrogen and oxygen atoms in total. The first-order valence-electron chi connectivity index (χ1n) is 6.49. The number of methoxy groups -OCH3 is 1. The molecule has 0 unspecified atom stereocenters. The summed E-state index contributed by atoms with van der Waals surface area (Å²) in [5.41, 5.74) is 1.99. The van der Waals surface area contributed by atoms with Crippen molar-refractivity contribution in [3.63, 3.8) is 0 Å². The number of amides is 1. The number of rotatable bonds is 7. The second-order valence-electron chi connectivity index (χ2n) is 4.40. The van der Waals surface area contributed by atoms with Crippen LogP contribution in [0.5, 0.6) is 0 Å². The average Bonchev–Trinajstić information content (AvgIpc) is 2.81. The normalized spacial score (nSPS) is 10.8. The van der Waals surface area contributed by atoms with Crippen molar-refractivity contribution in [2.75, 3.05) is 20.3 Å². The molecular weight excluding hydrogens is 242 g/mol. The molecule has 0 saturated carbocycles. The topological polar surface area (TPSA) is 67.0 Å². The van der Waals surface area contributed by atoms with Gasteiger partial charge in [-0.15, -0.1) is 0 Å². The summed E-state index contributed by atoms with van der Waals surface area (Å²) < 4.78 is 4.90. The van der Waals surface area contributed by atoms with Crippen molar-refractivity contribution in [3.05, 3.63) is 30.1 Å². The summed E-state index contributed by atoms with van der Waals surface area (Å²) in [4.78, 5) is 19.2. The van der Waals surface area contributed by atoms with Gasteiger partial charge in [0, 0.05) is 33.1 Å². The number of ether oxygens (including phenoxy) is 1. The molecule has 0 saturated heterocycles. The highest BCUT2D eigenvalue weighted by Crippen LogP contribution is 2.10. The van der Waals surface area contributed by atoms with Gasteiger partial charge in [0.2, 0.25) is 5.91 Å². The quantitative estimate of drug-likeness (QED) is 0.745. The van der Waals surface area contributed by atoms with Crippen molar-refractivity contribution < 1.29 is 9.53 Å². The van der Waals surface area contributed by atoms with Gasteiger partial charge in [0.25, 0.3) is 0 Å². The van der Waals surface area contributed by atoms with Crippen molar-refractivity contribution >= 4 is 16.9 Å². The number of aromatic nitrogens is 2. The Hall–Kier alpha value is -1.88. The third kappa shape index (κ3) is 4.06. The molecule has 19 heavy (non-hydrogen) atoms. The molecule has 0 atom stereocenters. The Kier molecular flexibility index (Phi) is 4.92. The van der Waals surface area contributed by atoms with Crippen molar-refractivity contribution in [2.24, 2.45) is 0 Å². The van der Waals surface area contributed by atoms with Crippen LogP contribution in [0, 0.1) is 0 Å². The van der Waals surface area contributed by atoms with Crippen molar-refractivity contribution in [3.8, 4) is 0 Å². The predicted molar refractivity (Wildman–Crippen MR) is 73.9 cm³/mol. The van der Waals surface area contributed by atoms with Crippen LogP contribution in [0.15, 0.2) is 24.3 Å². The van der Waals surface area contributed by atoms with Crippen LogP contribution in [0.25, 0.3) is 11.0 Å².